The minimum Gasteiger partial charge on any atom is -0.326 e. The molecule has 10 heteroatoms. The van der Waals surface area contributed by atoms with Crippen molar-refractivity contribution in [2.45, 2.75) is 17.9 Å². The number of anilines is 1. The van der Waals surface area contributed by atoms with E-state index in [1.165, 1.54) is 35.3 Å². The molecule has 0 spiro atoms. The van der Waals surface area contributed by atoms with Crippen LogP contribution in [0, 0.1) is 11.3 Å². The number of primary sulfonamides is 1. The zero-order valence-electron chi connectivity index (χ0n) is 15.2. The van der Waals surface area contributed by atoms with Gasteiger partial charge < -0.3 is 11.1 Å². The lowest BCUT2D eigenvalue weighted by atomic mass is 10.1. The van der Waals surface area contributed by atoms with E-state index >= 15 is 0 Å². The Morgan fingerprint density at radius 1 is 1.21 bits per heavy atom. The summed E-state index contributed by atoms with van der Waals surface area (Å²) in [5.74, 6) is -0.321. The summed E-state index contributed by atoms with van der Waals surface area (Å²) in [6.07, 6.45) is 2.79. The van der Waals surface area contributed by atoms with Crippen LogP contribution >= 0.6 is 0 Å². The lowest BCUT2D eigenvalue weighted by Crippen LogP contribution is -2.18. The third-order valence-electron chi connectivity index (χ3n) is 4.10. The van der Waals surface area contributed by atoms with Crippen LogP contribution in [0.5, 0.6) is 0 Å². The number of sulfonamides is 1. The predicted octanol–water partition coefficient (Wildman–Crippen LogP) is 1.03. The third kappa shape index (κ3) is 4.85. The Morgan fingerprint density at radius 2 is 1.97 bits per heavy atom. The van der Waals surface area contributed by atoms with Crippen molar-refractivity contribution < 1.29 is 13.2 Å². The molecule has 29 heavy (non-hydrogen) atoms. The molecule has 1 heterocycles. The summed E-state index contributed by atoms with van der Waals surface area (Å²) in [5, 5.41) is 20.9. The van der Waals surface area contributed by atoms with Crippen molar-refractivity contribution in [1.82, 2.24) is 9.78 Å². The third-order valence-corrected chi connectivity index (χ3v) is 5.04. The van der Waals surface area contributed by atoms with Crippen LogP contribution in [0.25, 0.3) is 5.69 Å². The minimum atomic E-state index is -4.11. The minimum absolute atomic E-state index is 0.102. The van der Waals surface area contributed by atoms with E-state index < -0.39 is 10.0 Å². The Labute approximate surface area is 167 Å². The van der Waals surface area contributed by atoms with Crippen molar-refractivity contribution in [1.29, 1.82) is 5.26 Å². The molecule has 0 aliphatic carbocycles. The first-order valence-corrected chi connectivity index (χ1v) is 10.0. The zero-order valence-corrected chi connectivity index (χ0v) is 16.1. The second kappa shape index (κ2) is 8.24. The number of benzene rings is 2. The largest absolute Gasteiger partial charge is 0.326 e. The highest BCUT2D eigenvalue weighted by atomic mass is 32.2. The number of aromatic nitrogens is 2. The van der Waals surface area contributed by atoms with E-state index in [4.69, 9.17) is 16.1 Å². The standard InChI is InChI=1S/C19H18N6O3S/c20-9-14-3-1-2-13(6-14)7-19(26)24-16-4-5-17(18(8-16)29(22,27)28)25-12-15(10-21)11-23-25/h1-6,8,11-12H,7,9,20H2,(H,24,26)(H2,22,27,28). The Kier molecular flexibility index (Phi) is 5.74. The lowest BCUT2D eigenvalue weighted by Gasteiger charge is -2.11. The topological polar surface area (TPSA) is 157 Å². The fourth-order valence-electron chi connectivity index (χ4n) is 2.78. The molecule has 1 amide bonds. The van der Waals surface area contributed by atoms with E-state index in [9.17, 15) is 13.2 Å². The number of nitrogens with zero attached hydrogens (tertiary/aromatic N) is 3. The van der Waals surface area contributed by atoms with Gasteiger partial charge in [0.25, 0.3) is 0 Å². The van der Waals surface area contributed by atoms with Crippen molar-refractivity contribution >= 4 is 21.6 Å². The summed E-state index contributed by atoms with van der Waals surface area (Å²) in [5.41, 5.74) is 8.01. The molecule has 0 fully saturated rings. The number of nitriles is 1. The van der Waals surface area contributed by atoms with Crippen molar-refractivity contribution in [3.05, 3.63) is 71.5 Å². The first-order valence-electron chi connectivity index (χ1n) is 8.50. The average molecular weight is 410 g/mol. The summed E-state index contributed by atoms with van der Waals surface area (Å²) < 4.78 is 25.3. The first-order chi connectivity index (χ1) is 13.8. The van der Waals surface area contributed by atoms with Gasteiger partial charge in [-0.2, -0.15) is 10.4 Å². The second-order valence-electron chi connectivity index (χ2n) is 6.26. The SMILES string of the molecule is N#Cc1cnn(-c2ccc(NC(=O)Cc3cccc(CN)c3)cc2S(N)(=O)=O)c1. The van der Waals surface area contributed by atoms with Crippen LogP contribution < -0.4 is 16.2 Å². The summed E-state index contributed by atoms with van der Waals surface area (Å²) in [6.45, 7) is 0.371. The molecular formula is C19H18N6O3S. The second-order valence-corrected chi connectivity index (χ2v) is 7.79. The highest BCUT2D eigenvalue weighted by molar-refractivity contribution is 7.89. The lowest BCUT2D eigenvalue weighted by molar-refractivity contribution is -0.115. The van der Waals surface area contributed by atoms with Gasteiger partial charge >= 0.3 is 0 Å². The molecule has 0 aliphatic rings. The molecule has 0 atom stereocenters. The summed E-state index contributed by atoms with van der Waals surface area (Å²) in [4.78, 5) is 12.1. The van der Waals surface area contributed by atoms with E-state index in [-0.39, 0.29) is 34.2 Å². The molecular weight excluding hydrogens is 392 g/mol. The van der Waals surface area contributed by atoms with Gasteiger partial charge in [-0.05, 0) is 29.3 Å². The van der Waals surface area contributed by atoms with Crippen LogP contribution in [0.3, 0.4) is 0 Å². The van der Waals surface area contributed by atoms with Gasteiger partial charge in [0.2, 0.25) is 15.9 Å². The number of carbonyl (C=O) groups is 1. The predicted molar refractivity (Wildman–Crippen MR) is 106 cm³/mol. The maximum Gasteiger partial charge on any atom is 0.240 e. The van der Waals surface area contributed by atoms with Gasteiger partial charge in [-0.1, -0.05) is 24.3 Å². The molecule has 0 aliphatic heterocycles. The molecule has 5 N–H and O–H groups in total. The Hall–Kier alpha value is -3.52. The maximum absolute atomic E-state index is 12.4. The molecule has 0 unspecified atom stereocenters. The quantitative estimate of drug-likeness (QED) is 0.551. The number of amides is 1. The summed E-state index contributed by atoms with van der Waals surface area (Å²) in [7, 11) is -4.11. The Morgan fingerprint density at radius 3 is 2.62 bits per heavy atom. The van der Waals surface area contributed by atoms with E-state index in [1.807, 2.05) is 30.3 Å². The first kappa shape index (κ1) is 20.2. The number of hydrogen-bond acceptors (Lipinski definition) is 6. The highest BCUT2D eigenvalue weighted by Crippen LogP contribution is 2.23. The van der Waals surface area contributed by atoms with Gasteiger partial charge in [0.05, 0.1) is 23.9 Å². The number of hydrogen-bond donors (Lipinski definition) is 3. The monoisotopic (exact) mass is 410 g/mol. The fraction of sp³-hybridized carbons (Fsp3) is 0.105. The normalized spacial score (nSPS) is 11.1. The molecule has 0 saturated carbocycles. The number of carbonyl (C=O) groups excluding carboxylic acids is 1. The van der Waals surface area contributed by atoms with Gasteiger partial charge in [-0.3, -0.25) is 4.79 Å². The van der Waals surface area contributed by atoms with E-state index in [0.29, 0.717) is 6.54 Å². The number of nitrogens with two attached hydrogens (primary N) is 2. The van der Waals surface area contributed by atoms with Crippen molar-refractivity contribution in [2.24, 2.45) is 10.9 Å². The molecule has 0 radical (unpaired) electrons. The van der Waals surface area contributed by atoms with E-state index in [0.717, 1.165) is 11.1 Å². The van der Waals surface area contributed by atoms with Gasteiger partial charge in [0.15, 0.2) is 0 Å². The fourth-order valence-corrected chi connectivity index (χ4v) is 3.52. The van der Waals surface area contributed by atoms with Crippen LogP contribution in [0.4, 0.5) is 5.69 Å². The number of rotatable bonds is 6. The molecule has 0 bridgehead atoms. The van der Waals surface area contributed by atoms with Crippen LogP contribution in [0.2, 0.25) is 0 Å². The molecule has 1 aromatic heterocycles. The van der Waals surface area contributed by atoms with Crippen molar-refractivity contribution in [3.63, 3.8) is 0 Å². The van der Waals surface area contributed by atoms with Gasteiger partial charge in [0.1, 0.15) is 11.0 Å². The van der Waals surface area contributed by atoms with Crippen LogP contribution in [-0.4, -0.2) is 24.1 Å². The van der Waals surface area contributed by atoms with E-state index in [2.05, 4.69) is 10.4 Å². The molecule has 148 valence electrons. The number of nitrogens with one attached hydrogen (secondary N) is 1. The van der Waals surface area contributed by atoms with E-state index in [1.54, 1.807) is 0 Å². The van der Waals surface area contributed by atoms with Crippen molar-refractivity contribution in [2.75, 3.05) is 5.32 Å². The van der Waals surface area contributed by atoms with Gasteiger partial charge in [0, 0.05) is 18.4 Å². The molecule has 0 saturated heterocycles. The smallest absolute Gasteiger partial charge is 0.240 e. The zero-order chi connectivity index (χ0) is 21.0. The van der Waals surface area contributed by atoms with Crippen LogP contribution in [-0.2, 0) is 27.8 Å². The van der Waals surface area contributed by atoms with Gasteiger partial charge in [-0.25, -0.2) is 18.2 Å². The average Bonchev–Trinajstić information content (AvgIpc) is 3.16. The maximum atomic E-state index is 12.4. The molecule has 3 aromatic rings. The molecule has 3 rings (SSSR count). The highest BCUT2D eigenvalue weighted by Gasteiger charge is 2.18. The van der Waals surface area contributed by atoms with Crippen molar-refractivity contribution in [3.8, 4) is 11.8 Å². The Bertz CT molecular complexity index is 1210. The van der Waals surface area contributed by atoms with Crippen LogP contribution in [0.15, 0.2) is 59.8 Å². The summed E-state index contributed by atoms with van der Waals surface area (Å²) >= 11 is 0. The Balaban J connectivity index is 1.86. The molecule has 9 nitrogen and oxygen atoms in total. The molecule has 2 aromatic carbocycles. The van der Waals surface area contributed by atoms with Gasteiger partial charge in [-0.15, -0.1) is 0 Å². The van der Waals surface area contributed by atoms with Crippen LogP contribution in [0.1, 0.15) is 16.7 Å². The summed E-state index contributed by atoms with van der Waals surface area (Å²) in [6, 6.07) is 13.5.